The number of aliphatic carboxylic acids is 1. The number of carbonyl (C=O) groups is 3. The lowest BCUT2D eigenvalue weighted by atomic mass is 9.98. The molecule has 2 aromatic carbocycles. The van der Waals surface area contributed by atoms with Gasteiger partial charge in [0.05, 0.1) is 6.42 Å². The third kappa shape index (κ3) is 6.12. The van der Waals surface area contributed by atoms with Gasteiger partial charge in [-0.15, -0.1) is 0 Å². The molecule has 1 aliphatic carbocycles. The Hall–Kier alpha value is -3.35. The zero-order valence-corrected chi connectivity index (χ0v) is 19.3. The Morgan fingerprint density at radius 2 is 1.55 bits per heavy atom. The average molecular weight is 453 g/mol. The van der Waals surface area contributed by atoms with E-state index in [0.717, 1.165) is 22.3 Å². The average Bonchev–Trinajstić information content (AvgIpc) is 3.10. The first kappa shape index (κ1) is 24.3. The van der Waals surface area contributed by atoms with Crippen molar-refractivity contribution < 1.29 is 24.2 Å². The summed E-state index contributed by atoms with van der Waals surface area (Å²) in [6.07, 6.45) is 0.0716. The molecule has 3 rings (SSSR count). The minimum Gasteiger partial charge on any atom is -0.481 e. The maximum Gasteiger partial charge on any atom is 0.407 e. The number of nitrogens with one attached hydrogen (secondary N) is 2. The Balaban J connectivity index is 1.65. The predicted octanol–water partition coefficient (Wildman–Crippen LogP) is 4.31. The molecule has 0 saturated heterocycles. The Kier molecular flexibility index (Phi) is 8.09. The first-order valence-electron chi connectivity index (χ1n) is 11.4. The maximum atomic E-state index is 12.8. The highest BCUT2D eigenvalue weighted by atomic mass is 16.5. The van der Waals surface area contributed by atoms with Gasteiger partial charge in [0.15, 0.2) is 0 Å². The molecule has 33 heavy (non-hydrogen) atoms. The molecule has 176 valence electrons. The molecule has 0 fully saturated rings. The van der Waals surface area contributed by atoms with Crippen LogP contribution in [0.5, 0.6) is 0 Å². The summed E-state index contributed by atoms with van der Waals surface area (Å²) < 4.78 is 5.57. The number of carboxylic acids is 1. The van der Waals surface area contributed by atoms with Crippen molar-refractivity contribution >= 4 is 18.0 Å². The number of ether oxygens (including phenoxy) is 1. The van der Waals surface area contributed by atoms with Gasteiger partial charge in [-0.1, -0.05) is 69.3 Å². The summed E-state index contributed by atoms with van der Waals surface area (Å²) in [6.45, 7) is 5.87. The van der Waals surface area contributed by atoms with Crippen molar-refractivity contribution in [3.05, 3.63) is 59.7 Å². The molecule has 0 spiro atoms. The van der Waals surface area contributed by atoms with Crippen LogP contribution < -0.4 is 10.6 Å². The van der Waals surface area contributed by atoms with E-state index in [1.807, 2.05) is 57.2 Å². The van der Waals surface area contributed by atoms with Gasteiger partial charge in [-0.3, -0.25) is 9.59 Å². The molecule has 0 unspecified atom stereocenters. The second-order valence-corrected chi connectivity index (χ2v) is 8.86. The summed E-state index contributed by atoms with van der Waals surface area (Å²) in [4.78, 5) is 36.4. The summed E-state index contributed by atoms with van der Waals surface area (Å²) >= 11 is 0. The van der Waals surface area contributed by atoms with Crippen LogP contribution in [0.4, 0.5) is 4.79 Å². The smallest absolute Gasteiger partial charge is 0.407 e. The second kappa shape index (κ2) is 11.0. The van der Waals surface area contributed by atoms with Gasteiger partial charge >= 0.3 is 12.1 Å². The number of hydrogen-bond donors (Lipinski definition) is 3. The standard InChI is InChI=1S/C26H32N2O5/c1-4-17(14-24(29)30)27-25(31)23(13-16(2)3)28-26(32)33-15-22-20-11-7-5-9-18(20)19-10-6-8-12-21(19)22/h5-12,16-17,22-23H,4,13-15H2,1-3H3,(H,27,31)(H,28,32)(H,29,30)/t17-,23-/m0/s1. The van der Waals surface area contributed by atoms with Crippen molar-refractivity contribution in [3.63, 3.8) is 0 Å². The number of alkyl carbamates (subject to hydrolysis) is 1. The van der Waals surface area contributed by atoms with E-state index in [4.69, 9.17) is 9.84 Å². The van der Waals surface area contributed by atoms with Gasteiger partial charge in [0.25, 0.3) is 0 Å². The number of benzene rings is 2. The van der Waals surface area contributed by atoms with E-state index in [0.29, 0.717) is 12.8 Å². The lowest BCUT2D eigenvalue weighted by molar-refractivity contribution is -0.137. The Labute approximate surface area is 194 Å². The van der Waals surface area contributed by atoms with E-state index >= 15 is 0 Å². The first-order chi connectivity index (χ1) is 15.8. The molecule has 0 heterocycles. The van der Waals surface area contributed by atoms with E-state index in [1.165, 1.54) is 0 Å². The molecular weight excluding hydrogens is 420 g/mol. The fourth-order valence-electron chi connectivity index (χ4n) is 4.30. The highest BCUT2D eigenvalue weighted by Gasteiger charge is 2.30. The second-order valence-electron chi connectivity index (χ2n) is 8.86. The molecule has 0 bridgehead atoms. The van der Waals surface area contributed by atoms with Gasteiger partial charge in [0.1, 0.15) is 12.6 Å². The minimum atomic E-state index is -0.980. The van der Waals surface area contributed by atoms with Crippen LogP contribution in [0, 0.1) is 5.92 Å². The van der Waals surface area contributed by atoms with E-state index in [1.54, 1.807) is 0 Å². The monoisotopic (exact) mass is 452 g/mol. The van der Waals surface area contributed by atoms with Crippen molar-refractivity contribution in [2.45, 2.75) is 58.0 Å². The normalized spacial score (nSPS) is 14.2. The van der Waals surface area contributed by atoms with Crippen LogP contribution in [-0.2, 0) is 14.3 Å². The number of carboxylic acid groups (broad SMARTS) is 1. The molecule has 2 amide bonds. The van der Waals surface area contributed by atoms with Crippen LogP contribution in [0.3, 0.4) is 0 Å². The van der Waals surface area contributed by atoms with E-state index in [-0.39, 0.29) is 24.9 Å². The zero-order valence-electron chi connectivity index (χ0n) is 19.3. The van der Waals surface area contributed by atoms with Crippen molar-refractivity contribution in [1.29, 1.82) is 0 Å². The van der Waals surface area contributed by atoms with Gasteiger partial charge in [-0.25, -0.2) is 4.79 Å². The van der Waals surface area contributed by atoms with Crippen LogP contribution in [0.2, 0.25) is 0 Å². The molecule has 0 aliphatic heterocycles. The molecule has 0 aromatic heterocycles. The van der Waals surface area contributed by atoms with Crippen molar-refractivity contribution in [2.24, 2.45) is 5.92 Å². The topological polar surface area (TPSA) is 105 Å². The minimum absolute atomic E-state index is 0.0689. The van der Waals surface area contributed by atoms with Crippen LogP contribution in [0.15, 0.2) is 48.5 Å². The molecule has 2 atom stereocenters. The highest BCUT2D eigenvalue weighted by Crippen LogP contribution is 2.44. The molecular formula is C26H32N2O5. The van der Waals surface area contributed by atoms with E-state index in [2.05, 4.69) is 22.8 Å². The Morgan fingerprint density at radius 3 is 2.06 bits per heavy atom. The largest absolute Gasteiger partial charge is 0.481 e. The summed E-state index contributed by atoms with van der Waals surface area (Å²) in [5, 5.41) is 14.5. The van der Waals surface area contributed by atoms with E-state index in [9.17, 15) is 14.4 Å². The summed E-state index contributed by atoms with van der Waals surface area (Å²) in [7, 11) is 0. The molecule has 0 saturated carbocycles. The fraction of sp³-hybridized carbons (Fsp3) is 0.423. The third-order valence-corrected chi connectivity index (χ3v) is 5.92. The molecule has 2 aromatic rings. The number of hydrogen-bond acceptors (Lipinski definition) is 4. The van der Waals surface area contributed by atoms with Gasteiger partial charge < -0.3 is 20.5 Å². The number of carbonyl (C=O) groups excluding carboxylic acids is 2. The lowest BCUT2D eigenvalue weighted by Gasteiger charge is -2.23. The lowest BCUT2D eigenvalue weighted by Crippen LogP contribution is -2.50. The van der Waals surface area contributed by atoms with Gasteiger partial charge in [-0.2, -0.15) is 0 Å². The van der Waals surface area contributed by atoms with Crippen molar-refractivity contribution in [3.8, 4) is 11.1 Å². The van der Waals surface area contributed by atoms with Crippen LogP contribution in [0.25, 0.3) is 11.1 Å². The summed E-state index contributed by atoms with van der Waals surface area (Å²) in [5.41, 5.74) is 4.51. The summed E-state index contributed by atoms with van der Waals surface area (Å²) in [5.74, 6) is -1.30. The quantitative estimate of drug-likeness (QED) is 0.498. The molecule has 1 aliphatic rings. The maximum absolute atomic E-state index is 12.8. The SMILES string of the molecule is CC[C@@H](CC(=O)O)NC(=O)[C@H](CC(C)C)NC(=O)OCC1c2ccccc2-c2ccccc21. The third-order valence-electron chi connectivity index (χ3n) is 5.92. The van der Waals surface area contributed by atoms with Gasteiger partial charge in [0.2, 0.25) is 5.91 Å². The highest BCUT2D eigenvalue weighted by molar-refractivity contribution is 5.86. The van der Waals surface area contributed by atoms with Gasteiger partial charge in [-0.05, 0) is 41.0 Å². The summed E-state index contributed by atoms with van der Waals surface area (Å²) in [6, 6.07) is 14.9. The van der Waals surface area contributed by atoms with Crippen LogP contribution >= 0.6 is 0 Å². The van der Waals surface area contributed by atoms with Crippen molar-refractivity contribution in [1.82, 2.24) is 10.6 Å². The number of rotatable bonds is 10. The van der Waals surface area contributed by atoms with Crippen molar-refractivity contribution in [2.75, 3.05) is 6.61 Å². The molecule has 3 N–H and O–H groups in total. The Morgan fingerprint density at radius 1 is 0.970 bits per heavy atom. The van der Waals surface area contributed by atoms with Gasteiger partial charge in [0, 0.05) is 12.0 Å². The predicted molar refractivity (Wildman–Crippen MR) is 126 cm³/mol. The van der Waals surface area contributed by atoms with Crippen LogP contribution in [-0.4, -0.2) is 41.8 Å². The number of fused-ring (bicyclic) bond motifs is 3. The first-order valence-corrected chi connectivity index (χ1v) is 11.4. The fourth-order valence-corrected chi connectivity index (χ4v) is 4.30. The Bertz CT molecular complexity index is 958. The van der Waals surface area contributed by atoms with Crippen LogP contribution in [0.1, 0.15) is 57.1 Å². The number of amides is 2. The molecule has 7 heteroatoms. The zero-order chi connectivity index (χ0) is 24.0. The van der Waals surface area contributed by atoms with E-state index < -0.39 is 30.1 Å². The molecule has 7 nitrogen and oxygen atoms in total. The molecule has 0 radical (unpaired) electrons.